The molecule has 2 heterocycles. The van der Waals surface area contributed by atoms with Crippen LogP contribution in [-0.4, -0.2) is 24.7 Å². The average Bonchev–Trinajstić information content (AvgIpc) is 2.67. The van der Waals surface area contributed by atoms with Crippen LogP contribution >= 0.6 is 0 Å². The fraction of sp³-hybridized carbons (Fsp3) is 0.500. The molecule has 0 radical (unpaired) electrons. The number of alkyl halides is 1. The number of rotatable bonds is 2. The third-order valence-electron chi connectivity index (χ3n) is 2.61. The van der Waals surface area contributed by atoms with Crippen molar-refractivity contribution in [2.75, 3.05) is 19.8 Å². The van der Waals surface area contributed by atoms with E-state index in [0.717, 1.165) is 18.8 Å². The van der Waals surface area contributed by atoms with Gasteiger partial charge < -0.3 is 5.32 Å². The maximum atomic E-state index is 12.6. The van der Waals surface area contributed by atoms with Gasteiger partial charge in [-0.05, 0) is 12.1 Å². The zero-order chi connectivity index (χ0) is 9.10. The summed E-state index contributed by atoms with van der Waals surface area (Å²) in [5.41, 5.74) is 1.01. The third kappa shape index (κ3) is 1.70. The van der Waals surface area contributed by atoms with E-state index in [0.29, 0.717) is 0 Å². The standard InChI is InChI=1S/C10H13FN2/c11-5-8-6-12-7-9(8)10-3-1-2-4-13-10/h1-4,8-9,12H,5-7H2/t8-,9-/m0/s1. The maximum absolute atomic E-state index is 12.6. The van der Waals surface area contributed by atoms with Crippen LogP contribution in [0.15, 0.2) is 24.4 Å². The van der Waals surface area contributed by atoms with E-state index in [1.165, 1.54) is 0 Å². The molecule has 0 aromatic carbocycles. The van der Waals surface area contributed by atoms with E-state index in [1.54, 1.807) is 6.20 Å². The molecule has 0 spiro atoms. The molecule has 1 aliphatic rings. The molecule has 2 nitrogen and oxygen atoms in total. The summed E-state index contributed by atoms with van der Waals surface area (Å²) < 4.78 is 12.6. The number of hydrogen-bond donors (Lipinski definition) is 1. The first-order chi connectivity index (χ1) is 6.42. The Morgan fingerprint density at radius 2 is 2.38 bits per heavy atom. The maximum Gasteiger partial charge on any atom is 0.0941 e. The Bertz CT molecular complexity index is 263. The zero-order valence-electron chi connectivity index (χ0n) is 7.41. The lowest BCUT2D eigenvalue weighted by Gasteiger charge is -2.13. The van der Waals surface area contributed by atoms with Crippen LogP contribution in [0.2, 0.25) is 0 Å². The zero-order valence-corrected chi connectivity index (χ0v) is 7.41. The predicted octanol–water partition coefficient (Wildman–Crippen LogP) is 1.35. The number of pyridine rings is 1. The average molecular weight is 180 g/mol. The van der Waals surface area contributed by atoms with E-state index in [-0.39, 0.29) is 18.5 Å². The fourth-order valence-electron chi connectivity index (χ4n) is 1.84. The van der Waals surface area contributed by atoms with Crippen molar-refractivity contribution < 1.29 is 4.39 Å². The molecule has 0 saturated carbocycles. The number of halogens is 1. The highest BCUT2D eigenvalue weighted by atomic mass is 19.1. The molecule has 70 valence electrons. The molecule has 1 aromatic heterocycles. The Labute approximate surface area is 77.2 Å². The molecular formula is C10H13FN2. The van der Waals surface area contributed by atoms with Crippen LogP contribution in [0.25, 0.3) is 0 Å². The van der Waals surface area contributed by atoms with Gasteiger partial charge in [0, 0.05) is 36.8 Å². The lowest BCUT2D eigenvalue weighted by Crippen LogP contribution is -2.13. The fourth-order valence-corrected chi connectivity index (χ4v) is 1.84. The van der Waals surface area contributed by atoms with E-state index in [9.17, 15) is 4.39 Å². The molecule has 0 unspecified atom stereocenters. The van der Waals surface area contributed by atoms with Crippen LogP contribution in [0.5, 0.6) is 0 Å². The van der Waals surface area contributed by atoms with Crippen molar-refractivity contribution in [3.63, 3.8) is 0 Å². The van der Waals surface area contributed by atoms with Crippen molar-refractivity contribution in [3.05, 3.63) is 30.1 Å². The molecule has 1 fully saturated rings. The van der Waals surface area contributed by atoms with Gasteiger partial charge in [-0.1, -0.05) is 6.07 Å². The number of hydrogen-bond acceptors (Lipinski definition) is 2. The molecule has 13 heavy (non-hydrogen) atoms. The largest absolute Gasteiger partial charge is 0.316 e. The Balaban J connectivity index is 2.16. The summed E-state index contributed by atoms with van der Waals surface area (Å²) in [6.07, 6.45) is 1.77. The van der Waals surface area contributed by atoms with Crippen LogP contribution in [0.1, 0.15) is 11.6 Å². The van der Waals surface area contributed by atoms with Gasteiger partial charge in [0.05, 0.1) is 6.67 Å². The second-order valence-corrected chi connectivity index (χ2v) is 3.43. The minimum absolute atomic E-state index is 0.106. The van der Waals surface area contributed by atoms with Gasteiger partial charge in [0.15, 0.2) is 0 Å². The predicted molar refractivity (Wildman–Crippen MR) is 49.3 cm³/mol. The van der Waals surface area contributed by atoms with E-state index >= 15 is 0 Å². The highest BCUT2D eigenvalue weighted by molar-refractivity contribution is 5.13. The van der Waals surface area contributed by atoms with E-state index < -0.39 is 0 Å². The molecule has 3 heteroatoms. The first-order valence-corrected chi connectivity index (χ1v) is 4.59. The van der Waals surface area contributed by atoms with Gasteiger partial charge in [0.25, 0.3) is 0 Å². The Kier molecular flexibility index (Phi) is 2.54. The van der Waals surface area contributed by atoms with Gasteiger partial charge in [-0.25, -0.2) is 0 Å². The molecule has 1 N–H and O–H groups in total. The molecule has 0 bridgehead atoms. The Hall–Kier alpha value is -0.960. The summed E-state index contributed by atoms with van der Waals surface area (Å²) in [5, 5.41) is 3.19. The van der Waals surface area contributed by atoms with Crippen molar-refractivity contribution in [2.45, 2.75) is 5.92 Å². The monoisotopic (exact) mass is 180 g/mol. The molecular weight excluding hydrogens is 167 g/mol. The minimum Gasteiger partial charge on any atom is -0.316 e. The molecule has 1 saturated heterocycles. The second-order valence-electron chi connectivity index (χ2n) is 3.43. The van der Waals surface area contributed by atoms with Crippen molar-refractivity contribution in [1.29, 1.82) is 0 Å². The Morgan fingerprint density at radius 3 is 3.08 bits per heavy atom. The van der Waals surface area contributed by atoms with Crippen LogP contribution in [0.4, 0.5) is 4.39 Å². The number of nitrogens with zero attached hydrogens (tertiary/aromatic N) is 1. The van der Waals surface area contributed by atoms with Crippen LogP contribution in [0.3, 0.4) is 0 Å². The highest BCUT2D eigenvalue weighted by Gasteiger charge is 2.28. The highest BCUT2D eigenvalue weighted by Crippen LogP contribution is 2.26. The van der Waals surface area contributed by atoms with Gasteiger partial charge in [0.1, 0.15) is 0 Å². The molecule has 2 atom stereocenters. The van der Waals surface area contributed by atoms with Gasteiger partial charge in [-0.3, -0.25) is 9.37 Å². The van der Waals surface area contributed by atoms with Crippen molar-refractivity contribution in [3.8, 4) is 0 Å². The Morgan fingerprint density at radius 1 is 1.46 bits per heavy atom. The van der Waals surface area contributed by atoms with E-state index in [2.05, 4.69) is 10.3 Å². The van der Waals surface area contributed by atoms with Crippen molar-refractivity contribution >= 4 is 0 Å². The quantitative estimate of drug-likeness (QED) is 0.743. The molecule has 1 aromatic rings. The summed E-state index contributed by atoms with van der Waals surface area (Å²) in [6.45, 7) is 1.37. The lowest BCUT2D eigenvalue weighted by molar-refractivity contribution is 0.356. The van der Waals surface area contributed by atoms with Gasteiger partial charge in [-0.15, -0.1) is 0 Å². The SMILES string of the molecule is FC[C@H]1CNC[C@@H]1c1ccccn1. The van der Waals surface area contributed by atoms with Crippen molar-refractivity contribution in [1.82, 2.24) is 10.3 Å². The summed E-state index contributed by atoms with van der Waals surface area (Å²) >= 11 is 0. The second kappa shape index (κ2) is 3.83. The van der Waals surface area contributed by atoms with Crippen LogP contribution in [-0.2, 0) is 0 Å². The van der Waals surface area contributed by atoms with Crippen LogP contribution < -0.4 is 5.32 Å². The third-order valence-corrected chi connectivity index (χ3v) is 2.61. The van der Waals surface area contributed by atoms with Gasteiger partial charge >= 0.3 is 0 Å². The first-order valence-electron chi connectivity index (χ1n) is 4.59. The summed E-state index contributed by atoms with van der Waals surface area (Å²) in [6, 6.07) is 5.81. The molecule has 0 amide bonds. The van der Waals surface area contributed by atoms with E-state index in [4.69, 9.17) is 0 Å². The molecule has 0 aliphatic carbocycles. The van der Waals surface area contributed by atoms with Crippen LogP contribution in [0, 0.1) is 5.92 Å². The lowest BCUT2D eigenvalue weighted by atomic mass is 9.94. The normalized spacial score (nSPS) is 27.8. The van der Waals surface area contributed by atoms with Gasteiger partial charge in [-0.2, -0.15) is 0 Å². The molecule has 2 rings (SSSR count). The summed E-state index contributed by atoms with van der Waals surface area (Å²) in [5.74, 6) is 0.362. The number of nitrogens with one attached hydrogen (secondary N) is 1. The summed E-state index contributed by atoms with van der Waals surface area (Å²) in [4.78, 5) is 4.25. The minimum atomic E-state index is -0.256. The smallest absolute Gasteiger partial charge is 0.0941 e. The first kappa shape index (κ1) is 8.63. The summed E-state index contributed by atoms with van der Waals surface area (Å²) in [7, 11) is 0. The topological polar surface area (TPSA) is 24.9 Å². The van der Waals surface area contributed by atoms with E-state index in [1.807, 2.05) is 18.2 Å². The number of aromatic nitrogens is 1. The van der Waals surface area contributed by atoms with Crippen molar-refractivity contribution in [2.24, 2.45) is 5.92 Å². The van der Waals surface area contributed by atoms with Gasteiger partial charge in [0.2, 0.25) is 0 Å². The molecule has 1 aliphatic heterocycles.